The monoisotopic (exact) mass is 471 g/mol. The predicted molar refractivity (Wildman–Crippen MR) is 106 cm³/mol. The van der Waals surface area contributed by atoms with Gasteiger partial charge in [0, 0.05) is 18.1 Å². The highest BCUT2D eigenvalue weighted by molar-refractivity contribution is 14.0. The second-order valence-electron chi connectivity index (χ2n) is 5.48. The van der Waals surface area contributed by atoms with Crippen LogP contribution in [0.2, 0.25) is 5.02 Å². The molecule has 130 valence electrons. The molecule has 2 N–H and O–H groups in total. The quantitative estimate of drug-likeness (QED) is 0.393. The molecule has 23 heavy (non-hydrogen) atoms. The van der Waals surface area contributed by atoms with Gasteiger partial charge in [0.2, 0.25) is 0 Å². The number of hydrogen-bond acceptors (Lipinski definition) is 3. The van der Waals surface area contributed by atoms with Crippen LogP contribution in [-0.4, -0.2) is 39.0 Å². The Morgan fingerprint density at radius 1 is 1.39 bits per heavy atom. The number of halogens is 2. The first kappa shape index (κ1) is 20.5. The van der Waals surface area contributed by atoms with Gasteiger partial charge in [-0.25, -0.2) is 13.4 Å². The third-order valence-electron chi connectivity index (χ3n) is 3.54. The number of aliphatic imine (C=N–C) groups is 1. The summed E-state index contributed by atoms with van der Waals surface area (Å²) < 4.78 is 22.9. The number of hydrogen-bond donors (Lipinski definition) is 2. The molecule has 0 spiro atoms. The largest absolute Gasteiger partial charge is 0.357 e. The second kappa shape index (κ2) is 9.68. The van der Waals surface area contributed by atoms with Crippen molar-refractivity contribution in [1.82, 2.24) is 10.6 Å². The van der Waals surface area contributed by atoms with Gasteiger partial charge in [0.05, 0.1) is 18.1 Å². The van der Waals surface area contributed by atoms with Crippen LogP contribution in [0.1, 0.15) is 18.9 Å². The smallest absolute Gasteiger partial charge is 0.191 e. The Kier molecular flexibility index (Phi) is 8.63. The van der Waals surface area contributed by atoms with Crippen molar-refractivity contribution >= 4 is 51.4 Å². The summed E-state index contributed by atoms with van der Waals surface area (Å²) >= 11 is 5.96. The molecule has 0 aliphatic carbocycles. The van der Waals surface area contributed by atoms with Crippen LogP contribution in [0.5, 0.6) is 0 Å². The van der Waals surface area contributed by atoms with E-state index in [1.54, 1.807) is 0 Å². The Morgan fingerprint density at radius 3 is 2.78 bits per heavy atom. The molecule has 5 nitrogen and oxygen atoms in total. The maximum atomic E-state index is 11.5. The Hall–Kier alpha value is -0.540. The molecule has 0 radical (unpaired) electrons. The third kappa shape index (κ3) is 7.26. The predicted octanol–water partition coefficient (Wildman–Crippen LogP) is 2.45. The van der Waals surface area contributed by atoms with Crippen molar-refractivity contribution in [3.05, 3.63) is 34.9 Å². The Bertz CT molecular complexity index is 637. The topological polar surface area (TPSA) is 70.6 Å². The van der Waals surface area contributed by atoms with Gasteiger partial charge in [-0.1, -0.05) is 23.7 Å². The van der Waals surface area contributed by atoms with Gasteiger partial charge in [0.15, 0.2) is 15.8 Å². The molecular formula is C15H23ClIN3O2S. The average molecular weight is 472 g/mol. The van der Waals surface area contributed by atoms with Gasteiger partial charge in [-0.3, -0.25) is 0 Å². The van der Waals surface area contributed by atoms with Crippen molar-refractivity contribution in [3.8, 4) is 0 Å². The summed E-state index contributed by atoms with van der Waals surface area (Å²) in [7, 11) is -2.83. The number of guanidine groups is 1. The summed E-state index contributed by atoms with van der Waals surface area (Å²) in [6.07, 6.45) is 0.725. The maximum absolute atomic E-state index is 11.5. The molecule has 1 unspecified atom stereocenters. The zero-order chi connectivity index (χ0) is 16.0. The van der Waals surface area contributed by atoms with E-state index in [2.05, 4.69) is 15.6 Å². The molecule has 0 aromatic heterocycles. The van der Waals surface area contributed by atoms with Gasteiger partial charge in [0.25, 0.3) is 0 Å². The van der Waals surface area contributed by atoms with E-state index in [1.165, 1.54) is 0 Å². The second-order valence-corrected chi connectivity index (χ2v) is 8.14. The number of nitrogens with one attached hydrogen (secondary N) is 2. The number of benzene rings is 1. The maximum Gasteiger partial charge on any atom is 0.191 e. The lowest BCUT2D eigenvalue weighted by molar-refractivity contribution is 0.567. The Labute approximate surface area is 160 Å². The molecule has 2 rings (SSSR count). The summed E-state index contributed by atoms with van der Waals surface area (Å²) in [5.41, 5.74) is 1.04. The summed E-state index contributed by atoms with van der Waals surface area (Å²) in [6.45, 7) is 3.90. The molecule has 1 aliphatic heterocycles. The van der Waals surface area contributed by atoms with Crippen molar-refractivity contribution in [3.63, 3.8) is 0 Å². The number of sulfone groups is 1. The van der Waals surface area contributed by atoms with Gasteiger partial charge in [-0.05, 0) is 37.0 Å². The van der Waals surface area contributed by atoms with Crippen molar-refractivity contribution in [1.29, 1.82) is 0 Å². The summed E-state index contributed by atoms with van der Waals surface area (Å²) in [4.78, 5) is 4.51. The van der Waals surface area contributed by atoms with Crippen molar-refractivity contribution in [2.45, 2.75) is 19.9 Å². The van der Waals surface area contributed by atoms with Gasteiger partial charge >= 0.3 is 0 Å². The van der Waals surface area contributed by atoms with Crippen LogP contribution in [0.4, 0.5) is 0 Å². The fourth-order valence-corrected chi connectivity index (χ4v) is 4.50. The lowest BCUT2D eigenvalue weighted by atomic mass is 10.1. The highest BCUT2D eigenvalue weighted by Crippen LogP contribution is 2.17. The van der Waals surface area contributed by atoms with Crippen LogP contribution in [0.25, 0.3) is 0 Å². The van der Waals surface area contributed by atoms with Crippen LogP contribution in [0.15, 0.2) is 29.3 Å². The van der Waals surface area contributed by atoms with E-state index in [0.717, 1.165) is 18.5 Å². The van der Waals surface area contributed by atoms with E-state index in [-0.39, 0.29) is 35.6 Å². The minimum atomic E-state index is -2.83. The van der Waals surface area contributed by atoms with Gasteiger partial charge < -0.3 is 10.6 Å². The van der Waals surface area contributed by atoms with Gasteiger partial charge in [-0.15, -0.1) is 24.0 Å². The standard InChI is InChI=1S/C15H22ClN3O2S.HI/c1-2-17-15(18-9-12-4-3-5-14(16)8-12)19-10-13-6-7-22(20,21)11-13;/h3-5,8,13H,2,6-7,9-11H2,1H3,(H2,17,18,19);1H. The van der Waals surface area contributed by atoms with E-state index in [4.69, 9.17) is 11.6 Å². The van der Waals surface area contributed by atoms with E-state index in [1.807, 2.05) is 31.2 Å². The van der Waals surface area contributed by atoms with E-state index >= 15 is 0 Å². The fraction of sp³-hybridized carbons (Fsp3) is 0.533. The van der Waals surface area contributed by atoms with Crippen molar-refractivity contribution in [2.24, 2.45) is 10.9 Å². The molecule has 1 aromatic rings. The molecular weight excluding hydrogens is 449 g/mol. The molecule has 1 saturated heterocycles. The zero-order valence-corrected chi connectivity index (χ0v) is 17.0. The van der Waals surface area contributed by atoms with Crippen LogP contribution in [-0.2, 0) is 16.4 Å². The van der Waals surface area contributed by atoms with Crippen LogP contribution in [0.3, 0.4) is 0 Å². The van der Waals surface area contributed by atoms with E-state index < -0.39 is 9.84 Å². The first-order valence-electron chi connectivity index (χ1n) is 7.45. The van der Waals surface area contributed by atoms with Crippen molar-refractivity contribution in [2.75, 3.05) is 24.6 Å². The van der Waals surface area contributed by atoms with Gasteiger partial charge in [-0.2, -0.15) is 0 Å². The number of rotatable bonds is 5. The lowest BCUT2D eigenvalue weighted by Crippen LogP contribution is -2.40. The Morgan fingerprint density at radius 2 is 2.17 bits per heavy atom. The molecule has 8 heteroatoms. The molecule has 0 saturated carbocycles. The Balaban J connectivity index is 0.00000264. The van der Waals surface area contributed by atoms with Crippen LogP contribution >= 0.6 is 35.6 Å². The molecule has 1 aliphatic rings. The van der Waals surface area contributed by atoms with Crippen LogP contribution in [0, 0.1) is 5.92 Å². The average Bonchev–Trinajstić information content (AvgIpc) is 2.81. The van der Waals surface area contributed by atoms with Gasteiger partial charge in [0.1, 0.15) is 0 Å². The molecule has 0 amide bonds. The van der Waals surface area contributed by atoms with E-state index in [9.17, 15) is 8.42 Å². The summed E-state index contributed by atoms with van der Waals surface area (Å²) in [5, 5.41) is 7.09. The molecule has 0 bridgehead atoms. The molecule has 1 aromatic carbocycles. The summed E-state index contributed by atoms with van der Waals surface area (Å²) in [5.74, 6) is 1.44. The molecule has 1 fully saturated rings. The SMILES string of the molecule is CCNC(=NCc1cccc(Cl)c1)NCC1CCS(=O)(=O)C1.I. The van der Waals surface area contributed by atoms with Crippen LogP contribution < -0.4 is 10.6 Å². The summed E-state index contributed by atoms with van der Waals surface area (Å²) in [6, 6.07) is 7.59. The molecule has 1 atom stereocenters. The highest BCUT2D eigenvalue weighted by atomic mass is 127. The third-order valence-corrected chi connectivity index (χ3v) is 5.61. The minimum absolute atomic E-state index is 0. The fourth-order valence-electron chi connectivity index (χ4n) is 2.42. The zero-order valence-electron chi connectivity index (χ0n) is 13.1. The normalized spacial score (nSPS) is 19.9. The highest BCUT2D eigenvalue weighted by Gasteiger charge is 2.27. The number of nitrogens with zero attached hydrogens (tertiary/aromatic N) is 1. The van der Waals surface area contributed by atoms with E-state index in [0.29, 0.717) is 29.8 Å². The minimum Gasteiger partial charge on any atom is -0.357 e. The molecule has 1 heterocycles. The lowest BCUT2D eigenvalue weighted by Gasteiger charge is -2.14. The first-order chi connectivity index (χ1) is 10.5. The van der Waals surface area contributed by atoms with Crippen molar-refractivity contribution < 1.29 is 8.42 Å². The first-order valence-corrected chi connectivity index (χ1v) is 9.65.